The van der Waals surface area contributed by atoms with Crippen molar-refractivity contribution in [2.45, 2.75) is 18.7 Å². The highest BCUT2D eigenvalue weighted by atomic mass is 32.2. The molecule has 2 rings (SSSR count). The van der Waals surface area contributed by atoms with Crippen LogP contribution in [0.3, 0.4) is 0 Å². The largest absolute Gasteiger partial charge is 0.315 e. The summed E-state index contributed by atoms with van der Waals surface area (Å²) in [4.78, 5) is 0. The van der Waals surface area contributed by atoms with Crippen LogP contribution in [0.5, 0.6) is 0 Å². The fourth-order valence-corrected chi connectivity index (χ4v) is 7.95. The van der Waals surface area contributed by atoms with Crippen LogP contribution in [0, 0.1) is 0 Å². The van der Waals surface area contributed by atoms with Crippen molar-refractivity contribution in [3.05, 3.63) is 0 Å². The quantitative estimate of drug-likeness (QED) is 0.719. The van der Waals surface area contributed by atoms with Gasteiger partial charge in [0.05, 0.1) is 0 Å². The highest BCUT2D eigenvalue weighted by molar-refractivity contribution is 8.01. The summed E-state index contributed by atoms with van der Waals surface area (Å²) in [5.74, 6) is 0.925. The van der Waals surface area contributed by atoms with Crippen LogP contribution in [-0.4, -0.2) is 80.8 Å². The van der Waals surface area contributed by atoms with Crippen LogP contribution in [0.1, 0.15) is 13.3 Å². The van der Waals surface area contributed by atoms with Crippen molar-refractivity contribution < 1.29 is 16.8 Å². The summed E-state index contributed by atoms with van der Waals surface area (Å²) in [5.41, 5.74) is 0. The van der Waals surface area contributed by atoms with Gasteiger partial charge < -0.3 is 5.32 Å². The molecular formula is C11H23N3O4S3. The topological polar surface area (TPSA) is 86.8 Å². The SMILES string of the molecule is CCS(=O)(=O)C1CSCCN1S(=O)(=O)N1CCCNCC1. The van der Waals surface area contributed by atoms with Crippen LogP contribution in [-0.2, 0) is 20.0 Å². The number of sulfone groups is 1. The Labute approximate surface area is 131 Å². The first-order chi connectivity index (χ1) is 9.89. The van der Waals surface area contributed by atoms with E-state index in [9.17, 15) is 16.8 Å². The lowest BCUT2D eigenvalue weighted by Crippen LogP contribution is -2.55. The van der Waals surface area contributed by atoms with Gasteiger partial charge in [0, 0.05) is 43.4 Å². The fourth-order valence-electron chi connectivity index (χ4n) is 2.50. The number of hydrogen-bond donors (Lipinski definition) is 1. The van der Waals surface area contributed by atoms with Gasteiger partial charge in [-0.25, -0.2) is 8.42 Å². The maximum absolute atomic E-state index is 12.8. The Balaban J connectivity index is 2.27. The molecule has 2 saturated heterocycles. The number of nitrogens with zero attached hydrogens (tertiary/aromatic N) is 2. The number of nitrogens with one attached hydrogen (secondary N) is 1. The standard InChI is InChI=1S/C11H23N3O4S3/c1-2-20(15,16)11-10-19-9-8-14(11)21(17,18)13-6-3-4-12-5-7-13/h11-12H,2-10H2,1H3. The van der Waals surface area contributed by atoms with Gasteiger partial charge in [-0.15, -0.1) is 0 Å². The molecule has 0 radical (unpaired) electrons. The van der Waals surface area contributed by atoms with Gasteiger partial charge in [-0.3, -0.25) is 0 Å². The molecule has 2 aliphatic rings. The second-order valence-electron chi connectivity index (χ2n) is 5.10. The van der Waals surface area contributed by atoms with Crippen LogP contribution in [0.15, 0.2) is 0 Å². The van der Waals surface area contributed by atoms with Crippen molar-refractivity contribution in [2.75, 3.05) is 50.0 Å². The summed E-state index contributed by atoms with van der Waals surface area (Å²) >= 11 is 1.50. The van der Waals surface area contributed by atoms with E-state index < -0.39 is 25.4 Å². The molecule has 0 bridgehead atoms. The summed E-state index contributed by atoms with van der Waals surface area (Å²) in [6.45, 7) is 4.06. The molecule has 0 aromatic carbocycles. The molecule has 1 atom stereocenters. The summed E-state index contributed by atoms with van der Waals surface area (Å²) < 4.78 is 52.7. The molecule has 1 unspecified atom stereocenters. The highest BCUT2D eigenvalue weighted by Gasteiger charge is 2.42. The van der Waals surface area contributed by atoms with Crippen molar-refractivity contribution in [3.8, 4) is 0 Å². The van der Waals surface area contributed by atoms with E-state index in [1.54, 1.807) is 6.92 Å². The second-order valence-corrected chi connectivity index (χ2v) is 10.6. The first kappa shape index (κ1) is 17.5. The number of rotatable bonds is 4. The van der Waals surface area contributed by atoms with E-state index in [0.29, 0.717) is 31.1 Å². The number of hydrogen-bond acceptors (Lipinski definition) is 6. The van der Waals surface area contributed by atoms with E-state index in [-0.39, 0.29) is 12.3 Å². The Morgan fingerprint density at radius 2 is 1.90 bits per heavy atom. The molecule has 0 amide bonds. The lowest BCUT2D eigenvalue weighted by Gasteiger charge is -2.36. The molecule has 1 N–H and O–H groups in total. The zero-order valence-corrected chi connectivity index (χ0v) is 14.6. The van der Waals surface area contributed by atoms with Crippen LogP contribution in [0.2, 0.25) is 0 Å². The minimum Gasteiger partial charge on any atom is -0.315 e. The summed E-state index contributed by atoms with van der Waals surface area (Å²) in [7, 11) is -7.13. The third-order valence-electron chi connectivity index (χ3n) is 3.78. The third kappa shape index (κ3) is 3.91. The number of thioether (sulfide) groups is 1. The zero-order chi connectivity index (χ0) is 15.5. The Kier molecular flexibility index (Phi) is 5.94. The molecule has 2 heterocycles. The Hall–Kier alpha value is 0.130. The van der Waals surface area contributed by atoms with Crippen LogP contribution in [0.4, 0.5) is 0 Å². The average Bonchev–Trinajstić information content (AvgIpc) is 2.77. The fraction of sp³-hybridized carbons (Fsp3) is 1.00. The van der Waals surface area contributed by atoms with E-state index in [2.05, 4.69) is 5.32 Å². The maximum atomic E-state index is 12.8. The minimum atomic E-state index is -3.72. The molecule has 10 heteroatoms. The van der Waals surface area contributed by atoms with Gasteiger partial charge in [-0.05, 0) is 13.0 Å². The molecule has 2 aliphatic heterocycles. The molecule has 124 valence electrons. The smallest absolute Gasteiger partial charge is 0.283 e. The van der Waals surface area contributed by atoms with E-state index in [4.69, 9.17) is 0 Å². The van der Waals surface area contributed by atoms with Crippen molar-refractivity contribution in [1.29, 1.82) is 0 Å². The summed E-state index contributed by atoms with van der Waals surface area (Å²) in [6.07, 6.45) is 0.743. The Morgan fingerprint density at radius 3 is 2.62 bits per heavy atom. The third-order valence-corrected chi connectivity index (χ3v) is 9.25. The highest BCUT2D eigenvalue weighted by Crippen LogP contribution is 2.26. The van der Waals surface area contributed by atoms with Crippen LogP contribution >= 0.6 is 11.8 Å². The molecule has 0 aromatic rings. The monoisotopic (exact) mass is 357 g/mol. The maximum Gasteiger partial charge on any atom is 0.283 e. The lowest BCUT2D eigenvalue weighted by molar-refractivity contribution is 0.339. The van der Waals surface area contributed by atoms with Gasteiger partial charge in [0.1, 0.15) is 5.37 Å². The normalized spacial score (nSPS) is 27.4. The Bertz CT molecular complexity index is 541. The van der Waals surface area contributed by atoms with Gasteiger partial charge in [0.25, 0.3) is 10.2 Å². The van der Waals surface area contributed by atoms with Crippen molar-refractivity contribution in [1.82, 2.24) is 13.9 Å². The van der Waals surface area contributed by atoms with Crippen LogP contribution in [0.25, 0.3) is 0 Å². The summed E-state index contributed by atoms with van der Waals surface area (Å²) in [6, 6.07) is 0. The molecule has 0 spiro atoms. The average molecular weight is 358 g/mol. The molecule has 0 aromatic heterocycles. The van der Waals surface area contributed by atoms with Gasteiger partial charge in [-0.1, -0.05) is 6.92 Å². The first-order valence-electron chi connectivity index (χ1n) is 7.16. The van der Waals surface area contributed by atoms with E-state index in [1.165, 1.54) is 20.4 Å². The van der Waals surface area contributed by atoms with Crippen molar-refractivity contribution >= 4 is 31.8 Å². The molecule has 2 fully saturated rings. The van der Waals surface area contributed by atoms with Gasteiger partial charge >= 0.3 is 0 Å². The summed E-state index contributed by atoms with van der Waals surface area (Å²) in [5, 5.41) is 2.23. The molecule has 7 nitrogen and oxygen atoms in total. The predicted molar refractivity (Wildman–Crippen MR) is 85.3 cm³/mol. The first-order valence-corrected chi connectivity index (χ1v) is 11.4. The molecule has 21 heavy (non-hydrogen) atoms. The molecular weight excluding hydrogens is 334 g/mol. The predicted octanol–water partition coefficient (Wildman–Crippen LogP) is -0.664. The van der Waals surface area contributed by atoms with Gasteiger partial charge in [0.2, 0.25) is 0 Å². The van der Waals surface area contributed by atoms with Crippen LogP contribution < -0.4 is 5.32 Å². The molecule has 0 aliphatic carbocycles. The van der Waals surface area contributed by atoms with Crippen molar-refractivity contribution in [2.24, 2.45) is 0 Å². The Morgan fingerprint density at radius 1 is 1.14 bits per heavy atom. The van der Waals surface area contributed by atoms with Gasteiger partial charge in [-0.2, -0.15) is 28.8 Å². The van der Waals surface area contributed by atoms with Gasteiger partial charge in [0.15, 0.2) is 9.84 Å². The van der Waals surface area contributed by atoms with E-state index in [0.717, 1.165) is 13.0 Å². The second kappa shape index (κ2) is 7.14. The van der Waals surface area contributed by atoms with E-state index >= 15 is 0 Å². The van der Waals surface area contributed by atoms with E-state index in [1.807, 2.05) is 0 Å². The lowest BCUT2D eigenvalue weighted by atomic mass is 10.4. The van der Waals surface area contributed by atoms with Crippen molar-refractivity contribution in [3.63, 3.8) is 0 Å². The molecule has 0 saturated carbocycles. The minimum absolute atomic E-state index is 0.0359. The zero-order valence-electron chi connectivity index (χ0n) is 12.2.